The third-order valence-corrected chi connectivity index (χ3v) is 0. The monoisotopic (exact) mass is 441 g/mol. The molecule has 6 nitrogen and oxygen atoms in total. The van der Waals surface area contributed by atoms with Gasteiger partial charge in [0.1, 0.15) is 0 Å². The van der Waals surface area contributed by atoms with E-state index in [-0.39, 0.29) is 21.1 Å². The minimum atomic E-state index is -3.94. The number of rotatable bonds is 0. The third kappa shape index (κ3) is 223. The summed E-state index contributed by atoms with van der Waals surface area (Å²) in [4.78, 5) is 0. The Balaban J connectivity index is -0.0000000720. The molecule has 0 N–H and O–H groups in total. The van der Waals surface area contributed by atoms with Crippen molar-refractivity contribution in [3.63, 3.8) is 0 Å². The van der Waals surface area contributed by atoms with Crippen LogP contribution in [0.3, 0.4) is 0 Å². The molecule has 0 bridgehead atoms. The van der Waals surface area contributed by atoms with Crippen LogP contribution in [0.25, 0.3) is 0 Å². The van der Waals surface area contributed by atoms with Gasteiger partial charge in [0.25, 0.3) is 0 Å². The molecule has 0 rings (SSSR count). The molecule has 0 aromatic rings. The first-order valence-electron chi connectivity index (χ1n) is 1.10. The van der Waals surface area contributed by atoms with Crippen molar-refractivity contribution in [2.45, 2.75) is 0 Å². The maximum atomic E-state index is 8.56. The molecule has 0 aliphatic heterocycles. The van der Waals surface area contributed by atoms with E-state index in [2.05, 4.69) is 0 Å². The molecule has 0 radical (unpaired) electrons. The van der Waals surface area contributed by atoms with E-state index in [1.807, 2.05) is 0 Å². The molecular weight excluding hydrogens is 441 g/mol. The molecule has 0 aromatic heterocycles. The van der Waals surface area contributed by atoms with E-state index in [9.17, 15) is 0 Å². The fourth-order valence-corrected chi connectivity index (χ4v) is 0. The number of hydrogen-bond acceptors (Lipinski definition) is 6. The summed E-state index contributed by atoms with van der Waals surface area (Å²) in [6.45, 7) is 0. The third-order valence-electron chi connectivity index (χ3n) is 0. The summed E-state index contributed by atoms with van der Waals surface area (Å²) in [6.07, 6.45) is 0. The zero-order valence-electron chi connectivity index (χ0n) is 3.66. The fraction of sp³-hybridized carbons (Fsp3) is 0. The molecule has 0 aliphatic carbocycles. The molecule has 9 heteroatoms. The fourth-order valence-electron chi connectivity index (χ4n) is 0. The second-order valence-corrected chi connectivity index (χ2v) is 2.32. The van der Waals surface area contributed by atoms with E-state index in [1.165, 1.54) is 0 Å². The molecule has 0 unspecified atom stereocenters. The van der Waals surface area contributed by atoms with E-state index in [4.69, 9.17) is 24.6 Å². The minimum Gasteiger partial charge on any atom is 6.00 e. The first kappa shape index (κ1) is 16.9. The van der Waals surface area contributed by atoms with E-state index in [0.717, 1.165) is 0 Å². The van der Waals surface area contributed by atoms with Gasteiger partial charge in [0.05, 0.1) is 0 Å². The van der Waals surface area contributed by atoms with Gasteiger partial charge in [0.15, 0.2) is 0 Å². The van der Waals surface area contributed by atoms with Gasteiger partial charge < -0.3 is 0 Å². The first-order valence-corrected chi connectivity index (χ1v) is 5.69. The quantitative estimate of drug-likeness (QED) is 0.343. The Hall–Kier alpha value is 1.57. The second-order valence-electron chi connectivity index (χ2n) is 0.447. The van der Waals surface area contributed by atoms with Gasteiger partial charge in [-0.25, -0.2) is 0 Å². The largest absolute Gasteiger partial charge is 6.00 e. The van der Waals surface area contributed by atoms with Gasteiger partial charge in [-0.1, -0.05) is 0 Å². The summed E-state index contributed by atoms with van der Waals surface area (Å²) in [6, 6.07) is 0. The molecule has 56 valence electrons. The van der Waals surface area contributed by atoms with Crippen molar-refractivity contribution in [1.82, 2.24) is 0 Å². The standard InChI is InChI=1S/2AsO3.Pt/c2*2-1(3)4;/q2*-3;+6. The molecule has 0 aliphatic rings. The SMILES string of the molecule is [O-][As]([O-])[O-].[O-][As]([O-])[O-].[Pt+6]. The summed E-state index contributed by atoms with van der Waals surface area (Å²) in [7, 11) is 0. The van der Waals surface area contributed by atoms with Gasteiger partial charge >= 0.3 is 77.0 Å². The van der Waals surface area contributed by atoms with Crippen LogP contribution in [0, 0.1) is 0 Å². The van der Waals surface area contributed by atoms with Crippen molar-refractivity contribution < 1.29 is 45.6 Å². The topological polar surface area (TPSA) is 138 Å². The zero-order valence-corrected chi connectivity index (χ0v) is 9.69. The van der Waals surface area contributed by atoms with Crippen molar-refractivity contribution in [3.8, 4) is 0 Å². The Labute approximate surface area is 76.7 Å². The molecule has 0 atom stereocenters. The van der Waals surface area contributed by atoms with Crippen LogP contribution < -0.4 is 24.6 Å². The van der Waals surface area contributed by atoms with E-state index >= 15 is 0 Å². The Kier molecular flexibility index (Phi) is 23.0. The molecular formula is As2O6Pt. The normalized spacial score (nSPS) is 8.00. The van der Waals surface area contributed by atoms with E-state index < -0.39 is 31.4 Å². The van der Waals surface area contributed by atoms with Crippen LogP contribution in [0.5, 0.6) is 0 Å². The first-order chi connectivity index (χ1) is 3.46. The molecule has 0 heterocycles. The van der Waals surface area contributed by atoms with Crippen molar-refractivity contribution in [2.24, 2.45) is 0 Å². The van der Waals surface area contributed by atoms with Crippen LogP contribution >= 0.6 is 0 Å². The Morgan fingerprint density at radius 1 is 0.556 bits per heavy atom. The van der Waals surface area contributed by atoms with Crippen LogP contribution in [0.4, 0.5) is 0 Å². The summed E-state index contributed by atoms with van der Waals surface area (Å²) in [5.74, 6) is 0. The summed E-state index contributed by atoms with van der Waals surface area (Å²) in [5.41, 5.74) is 0. The van der Waals surface area contributed by atoms with Crippen molar-refractivity contribution >= 4 is 31.4 Å². The molecule has 0 saturated carbocycles. The smallest absolute Gasteiger partial charge is 6.00 e. The molecule has 0 spiro atoms. The van der Waals surface area contributed by atoms with Crippen molar-refractivity contribution in [3.05, 3.63) is 0 Å². The predicted molar refractivity (Wildman–Crippen MR) is 11.5 cm³/mol. The van der Waals surface area contributed by atoms with Crippen LogP contribution in [0.1, 0.15) is 0 Å². The molecule has 0 amide bonds. The summed E-state index contributed by atoms with van der Waals surface area (Å²) >= 11 is -7.88. The predicted octanol–water partition coefficient (Wildman–Crippen LogP) is -7.90. The molecule has 0 saturated heterocycles. The molecule has 0 fully saturated rings. The average Bonchev–Trinajstić information content (AvgIpc) is 1.25. The van der Waals surface area contributed by atoms with Crippen LogP contribution in [0.15, 0.2) is 0 Å². The van der Waals surface area contributed by atoms with E-state index in [1.54, 1.807) is 0 Å². The second kappa shape index (κ2) is 12.3. The van der Waals surface area contributed by atoms with Gasteiger partial charge in [-0.15, -0.1) is 0 Å². The number of hydrogen-bond donors (Lipinski definition) is 0. The van der Waals surface area contributed by atoms with Crippen molar-refractivity contribution in [2.75, 3.05) is 0 Å². The Morgan fingerprint density at radius 3 is 0.556 bits per heavy atom. The maximum absolute atomic E-state index is 8.56. The zero-order chi connectivity index (χ0) is 7.15. The van der Waals surface area contributed by atoms with Gasteiger partial charge in [0, 0.05) is 0 Å². The Morgan fingerprint density at radius 2 is 0.556 bits per heavy atom. The van der Waals surface area contributed by atoms with Crippen molar-refractivity contribution in [1.29, 1.82) is 0 Å². The maximum Gasteiger partial charge on any atom is 6.00 e. The molecule has 9 heavy (non-hydrogen) atoms. The van der Waals surface area contributed by atoms with E-state index in [0.29, 0.717) is 0 Å². The minimum absolute atomic E-state index is 0. The van der Waals surface area contributed by atoms with Crippen LogP contribution in [0.2, 0.25) is 0 Å². The summed E-state index contributed by atoms with van der Waals surface area (Å²) in [5, 5.41) is 0. The van der Waals surface area contributed by atoms with Crippen LogP contribution in [-0.4, -0.2) is 31.4 Å². The van der Waals surface area contributed by atoms with Gasteiger partial charge in [-0.05, 0) is 0 Å². The van der Waals surface area contributed by atoms with Crippen LogP contribution in [-0.2, 0) is 21.1 Å². The van der Waals surface area contributed by atoms with Gasteiger partial charge in [0.2, 0.25) is 0 Å². The Bertz CT molecular complexity index is 26.5. The van der Waals surface area contributed by atoms with Gasteiger partial charge in [-0.2, -0.15) is 0 Å². The summed E-state index contributed by atoms with van der Waals surface area (Å²) < 4.78 is 51.4. The average molecular weight is 441 g/mol. The van der Waals surface area contributed by atoms with Gasteiger partial charge in [-0.3, -0.25) is 0 Å². The molecule has 0 aromatic carbocycles.